The van der Waals surface area contributed by atoms with Gasteiger partial charge in [0.25, 0.3) is 5.91 Å². The predicted octanol–water partition coefficient (Wildman–Crippen LogP) is 3.83. The Bertz CT molecular complexity index is 792. The van der Waals surface area contributed by atoms with Gasteiger partial charge in [-0.2, -0.15) is 0 Å². The van der Waals surface area contributed by atoms with Crippen molar-refractivity contribution in [1.82, 2.24) is 16.0 Å². The van der Waals surface area contributed by atoms with Gasteiger partial charge in [-0.3, -0.25) is 4.79 Å². The maximum absolute atomic E-state index is 11.8. The summed E-state index contributed by atoms with van der Waals surface area (Å²) in [5.41, 5.74) is 4.24. The molecule has 0 spiro atoms. The highest BCUT2D eigenvalue weighted by Crippen LogP contribution is 2.15. The van der Waals surface area contributed by atoms with Gasteiger partial charge in [-0.15, -0.1) is 24.0 Å². The minimum absolute atomic E-state index is 0. The van der Waals surface area contributed by atoms with Gasteiger partial charge in [-0.05, 0) is 43.0 Å². The van der Waals surface area contributed by atoms with Gasteiger partial charge in [0.15, 0.2) is 5.96 Å². The fourth-order valence-corrected chi connectivity index (χ4v) is 2.81. The van der Waals surface area contributed by atoms with Gasteiger partial charge in [-0.25, -0.2) is 4.99 Å². The zero-order chi connectivity index (χ0) is 19.6. The number of benzene rings is 2. The third-order valence-corrected chi connectivity index (χ3v) is 4.37. The average Bonchev–Trinajstić information content (AvgIpc) is 2.69. The maximum atomic E-state index is 11.8. The molecule has 0 saturated carbocycles. The molecule has 0 aliphatic heterocycles. The van der Waals surface area contributed by atoms with E-state index in [1.807, 2.05) is 25.1 Å². The Morgan fingerprint density at radius 1 is 1.11 bits per heavy atom. The number of amides is 1. The van der Waals surface area contributed by atoms with E-state index in [4.69, 9.17) is 0 Å². The Hall–Kier alpha value is -2.09. The van der Waals surface area contributed by atoms with Crippen molar-refractivity contribution in [3.63, 3.8) is 0 Å². The van der Waals surface area contributed by atoms with E-state index < -0.39 is 0 Å². The molecule has 2 rings (SSSR count). The minimum Gasteiger partial charge on any atom is -0.357 e. The molecular weight excluding hydrogens is 463 g/mol. The van der Waals surface area contributed by atoms with E-state index in [0.717, 1.165) is 24.6 Å². The molecule has 0 heterocycles. The zero-order valence-electron chi connectivity index (χ0n) is 17.1. The first kappa shape index (κ1) is 23.9. The summed E-state index contributed by atoms with van der Waals surface area (Å²) in [6, 6.07) is 16.1. The van der Waals surface area contributed by atoms with Gasteiger partial charge in [-0.1, -0.05) is 48.9 Å². The number of aliphatic imine (C=N–C) groups is 1. The van der Waals surface area contributed by atoms with Crippen molar-refractivity contribution in [3.8, 4) is 0 Å². The van der Waals surface area contributed by atoms with Crippen LogP contribution in [0.1, 0.15) is 46.8 Å². The van der Waals surface area contributed by atoms with Crippen molar-refractivity contribution in [1.29, 1.82) is 0 Å². The molecule has 3 N–H and O–H groups in total. The molecule has 2 aromatic carbocycles. The second kappa shape index (κ2) is 12.4. The van der Waals surface area contributed by atoms with E-state index >= 15 is 0 Å². The van der Waals surface area contributed by atoms with Crippen LogP contribution in [0.3, 0.4) is 0 Å². The minimum atomic E-state index is -0.0853. The topological polar surface area (TPSA) is 65.5 Å². The summed E-state index contributed by atoms with van der Waals surface area (Å²) >= 11 is 0. The highest BCUT2D eigenvalue weighted by atomic mass is 127. The van der Waals surface area contributed by atoms with Crippen LogP contribution < -0.4 is 16.0 Å². The number of halogens is 1. The number of guanidine groups is 1. The van der Waals surface area contributed by atoms with Gasteiger partial charge in [0.2, 0.25) is 0 Å². The monoisotopic (exact) mass is 494 g/mol. The fourth-order valence-electron chi connectivity index (χ4n) is 2.81. The Balaban J connectivity index is 0.00000392. The largest absolute Gasteiger partial charge is 0.357 e. The van der Waals surface area contributed by atoms with Gasteiger partial charge in [0, 0.05) is 25.7 Å². The van der Waals surface area contributed by atoms with Gasteiger partial charge in [0.05, 0.1) is 6.54 Å². The quantitative estimate of drug-likeness (QED) is 0.312. The van der Waals surface area contributed by atoms with Crippen molar-refractivity contribution in [2.75, 3.05) is 20.1 Å². The number of hydrogen-bond donors (Lipinski definition) is 3. The smallest absolute Gasteiger partial charge is 0.251 e. The van der Waals surface area contributed by atoms with Crippen LogP contribution in [0, 0.1) is 6.92 Å². The summed E-state index contributed by atoms with van der Waals surface area (Å²) in [7, 11) is 1.63. The van der Waals surface area contributed by atoms with Crippen molar-refractivity contribution >= 4 is 35.8 Å². The molecule has 28 heavy (non-hydrogen) atoms. The first-order valence-electron chi connectivity index (χ1n) is 9.43. The molecule has 6 heteroatoms. The van der Waals surface area contributed by atoms with Gasteiger partial charge < -0.3 is 16.0 Å². The molecule has 0 aliphatic carbocycles. The molecule has 1 amide bonds. The molecule has 1 unspecified atom stereocenters. The molecular formula is C22H31IN4O. The van der Waals surface area contributed by atoms with Crippen molar-refractivity contribution < 1.29 is 4.79 Å². The molecule has 0 saturated heterocycles. The lowest BCUT2D eigenvalue weighted by Crippen LogP contribution is -2.39. The molecule has 0 bridgehead atoms. The van der Waals surface area contributed by atoms with Crippen LogP contribution in [-0.2, 0) is 6.54 Å². The highest BCUT2D eigenvalue weighted by molar-refractivity contribution is 14.0. The molecule has 5 nitrogen and oxygen atoms in total. The number of hydrogen-bond acceptors (Lipinski definition) is 2. The summed E-state index contributed by atoms with van der Waals surface area (Å²) < 4.78 is 0. The first-order valence-corrected chi connectivity index (χ1v) is 9.43. The third-order valence-electron chi connectivity index (χ3n) is 4.37. The van der Waals surface area contributed by atoms with Crippen LogP contribution in [0.4, 0.5) is 0 Å². The Labute approximate surface area is 185 Å². The highest BCUT2D eigenvalue weighted by Gasteiger charge is 2.07. The van der Waals surface area contributed by atoms with Crippen molar-refractivity contribution in [2.24, 2.45) is 4.99 Å². The summed E-state index contributed by atoms with van der Waals surface area (Å²) in [6.07, 6.45) is 0. The number of carbonyl (C=O) groups excluding carboxylic acids is 1. The summed E-state index contributed by atoms with van der Waals surface area (Å²) in [6.45, 7) is 8.48. The normalized spacial score (nSPS) is 11.9. The Morgan fingerprint density at radius 3 is 2.54 bits per heavy atom. The lowest BCUT2D eigenvalue weighted by atomic mass is 9.99. The van der Waals surface area contributed by atoms with E-state index in [0.29, 0.717) is 18.0 Å². The van der Waals surface area contributed by atoms with Gasteiger partial charge >= 0.3 is 0 Å². The predicted molar refractivity (Wildman–Crippen MR) is 128 cm³/mol. The number of rotatable bonds is 7. The van der Waals surface area contributed by atoms with Crippen molar-refractivity contribution in [3.05, 3.63) is 70.8 Å². The number of nitrogens with one attached hydrogen (secondary N) is 3. The van der Waals surface area contributed by atoms with E-state index in [1.54, 1.807) is 13.1 Å². The lowest BCUT2D eigenvalue weighted by Gasteiger charge is -2.16. The standard InChI is InChI=1S/C22H30N4O.HI/c1-5-24-22(25-14-17(3)19-10-6-8-16(2)12-19)26-15-18-9-7-11-20(13-18)21(27)23-4;/h6-13,17H,5,14-15H2,1-4H3,(H,23,27)(H2,24,25,26);1H. The third kappa shape index (κ3) is 7.50. The summed E-state index contributed by atoms with van der Waals surface area (Å²) in [4.78, 5) is 16.4. The van der Waals surface area contributed by atoms with Crippen LogP contribution in [0.15, 0.2) is 53.5 Å². The molecule has 1 atom stereocenters. The molecule has 152 valence electrons. The maximum Gasteiger partial charge on any atom is 0.251 e. The van der Waals surface area contributed by atoms with E-state index in [-0.39, 0.29) is 29.9 Å². The van der Waals surface area contributed by atoms with Crippen LogP contribution in [0.5, 0.6) is 0 Å². The van der Waals surface area contributed by atoms with Crippen LogP contribution in [-0.4, -0.2) is 32.0 Å². The second-order valence-electron chi connectivity index (χ2n) is 6.67. The SMILES string of the molecule is CCNC(=NCc1cccc(C(=O)NC)c1)NCC(C)c1cccc(C)c1.I. The van der Waals surface area contributed by atoms with Gasteiger partial charge in [0.1, 0.15) is 0 Å². The van der Waals surface area contributed by atoms with Crippen LogP contribution >= 0.6 is 24.0 Å². The number of carbonyl (C=O) groups is 1. The van der Waals surface area contributed by atoms with E-state index in [2.05, 4.69) is 59.1 Å². The Morgan fingerprint density at radius 2 is 1.86 bits per heavy atom. The van der Waals surface area contributed by atoms with Crippen LogP contribution in [0.2, 0.25) is 0 Å². The second-order valence-corrected chi connectivity index (χ2v) is 6.67. The summed E-state index contributed by atoms with van der Waals surface area (Å²) in [5, 5.41) is 9.34. The molecule has 0 radical (unpaired) electrons. The number of nitrogens with zero attached hydrogens (tertiary/aromatic N) is 1. The Kier molecular flexibility index (Phi) is 10.6. The lowest BCUT2D eigenvalue weighted by molar-refractivity contribution is 0.0963. The van der Waals surface area contributed by atoms with E-state index in [1.165, 1.54) is 11.1 Å². The first-order chi connectivity index (χ1) is 13.0. The molecule has 0 aromatic heterocycles. The van der Waals surface area contributed by atoms with E-state index in [9.17, 15) is 4.79 Å². The molecule has 0 aliphatic rings. The average molecular weight is 494 g/mol. The van der Waals surface area contributed by atoms with Crippen molar-refractivity contribution in [2.45, 2.75) is 33.2 Å². The molecule has 0 fully saturated rings. The fraction of sp³-hybridized carbons (Fsp3) is 0.364. The molecule has 2 aromatic rings. The van der Waals surface area contributed by atoms with Crippen LogP contribution in [0.25, 0.3) is 0 Å². The number of aryl methyl sites for hydroxylation is 1. The summed E-state index contributed by atoms with van der Waals surface area (Å²) in [5.74, 6) is 1.07. The zero-order valence-corrected chi connectivity index (χ0v) is 19.4.